The van der Waals surface area contributed by atoms with E-state index in [4.69, 9.17) is 0 Å². The summed E-state index contributed by atoms with van der Waals surface area (Å²) < 4.78 is 26.8. The van der Waals surface area contributed by atoms with Crippen molar-refractivity contribution < 1.29 is 13.2 Å². The quantitative estimate of drug-likeness (QED) is 0.656. The molecule has 0 unspecified atom stereocenters. The Morgan fingerprint density at radius 3 is 2.71 bits per heavy atom. The van der Waals surface area contributed by atoms with E-state index in [0.29, 0.717) is 12.4 Å². The number of pyridine rings is 1. The van der Waals surface area contributed by atoms with Crippen LogP contribution in [0.3, 0.4) is 0 Å². The number of carbonyl (C=O) groups is 1. The molecule has 0 spiro atoms. The maximum Gasteiger partial charge on any atom is 0.244 e. The van der Waals surface area contributed by atoms with E-state index >= 15 is 0 Å². The first-order chi connectivity index (χ1) is 9.86. The van der Waals surface area contributed by atoms with Crippen LogP contribution in [0.4, 0.5) is 5.82 Å². The van der Waals surface area contributed by atoms with Crippen LogP contribution in [0.2, 0.25) is 0 Å². The first-order valence-electron chi connectivity index (χ1n) is 6.84. The molecular formula is C13H22N4O3S. The minimum Gasteiger partial charge on any atom is -0.369 e. The molecule has 21 heavy (non-hydrogen) atoms. The third kappa shape index (κ3) is 5.68. The van der Waals surface area contributed by atoms with Gasteiger partial charge in [-0.05, 0) is 32.9 Å². The molecule has 1 heterocycles. The Morgan fingerprint density at radius 1 is 1.38 bits per heavy atom. The van der Waals surface area contributed by atoms with E-state index in [1.165, 1.54) is 12.3 Å². The van der Waals surface area contributed by atoms with Gasteiger partial charge in [-0.2, -0.15) is 0 Å². The van der Waals surface area contributed by atoms with E-state index in [0.717, 1.165) is 0 Å². The summed E-state index contributed by atoms with van der Waals surface area (Å²) in [6.07, 6.45) is 1.61. The second kappa shape index (κ2) is 7.94. The van der Waals surface area contributed by atoms with Crippen LogP contribution in [-0.2, 0) is 14.8 Å². The zero-order valence-electron chi connectivity index (χ0n) is 12.5. The van der Waals surface area contributed by atoms with Crippen molar-refractivity contribution in [1.29, 1.82) is 0 Å². The molecule has 0 aliphatic rings. The van der Waals surface area contributed by atoms with E-state index in [-0.39, 0.29) is 29.8 Å². The molecule has 0 bridgehead atoms. The predicted octanol–water partition coefficient (Wildman–Crippen LogP) is 0.706. The number of aromatic nitrogens is 1. The number of rotatable bonds is 8. The standard InChI is InChI=1S/C13H22N4O3S/c1-4-14-13-11(6-5-8-15-13)21(19,20)16-9-7-12(18)17-10(2)3/h5-6,8,10,16H,4,7,9H2,1-3H3,(H,14,15)(H,17,18). The smallest absolute Gasteiger partial charge is 0.244 e. The van der Waals surface area contributed by atoms with Gasteiger partial charge in [-0.15, -0.1) is 0 Å². The van der Waals surface area contributed by atoms with Crippen molar-refractivity contribution in [1.82, 2.24) is 15.0 Å². The third-order valence-corrected chi connectivity index (χ3v) is 3.99. The number of nitrogens with one attached hydrogen (secondary N) is 3. The summed E-state index contributed by atoms with van der Waals surface area (Å²) in [7, 11) is -3.69. The molecule has 1 rings (SSSR count). The largest absolute Gasteiger partial charge is 0.369 e. The summed E-state index contributed by atoms with van der Waals surface area (Å²) in [5, 5.41) is 5.60. The van der Waals surface area contributed by atoms with Crippen molar-refractivity contribution in [3.8, 4) is 0 Å². The second-order valence-electron chi connectivity index (χ2n) is 4.75. The van der Waals surface area contributed by atoms with Gasteiger partial charge < -0.3 is 10.6 Å². The molecule has 0 aromatic carbocycles. The maximum atomic E-state index is 12.2. The van der Waals surface area contributed by atoms with Crippen LogP contribution in [0.15, 0.2) is 23.2 Å². The molecule has 1 aromatic rings. The van der Waals surface area contributed by atoms with Crippen LogP contribution < -0.4 is 15.4 Å². The first kappa shape index (κ1) is 17.4. The molecule has 7 nitrogen and oxygen atoms in total. The highest BCUT2D eigenvalue weighted by Gasteiger charge is 2.19. The summed E-state index contributed by atoms with van der Waals surface area (Å²) in [6, 6.07) is 3.07. The van der Waals surface area contributed by atoms with E-state index in [1.807, 2.05) is 20.8 Å². The molecule has 1 aromatic heterocycles. The van der Waals surface area contributed by atoms with Gasteiger partial charge in [-0.3, -0.25) is 4.79 Å². The fourth-order valence-electron chi connectivity index (χ4n) is 1.68. The molecule has 3 N–H and O–H groups in total. The van der Waals surface area contributed by atoms with Crippen LogP contribution in [0.5, 0.6) is 0 Å². The zero-order chi connectivity index (χ0) is 15.9. The SMILES string of the molecule is CCNc1ncccc1S(=O)(=O)NCCC(=O)NC(C)C. The van der Waals surface area contributed by atoms with E-state index < -0.39 is 10.0 Å². The van der Waals surface area contributed by atoms with Crippen LogP contribution in [0, 0.1) is 0 Å². The fourth-order valence-corrected chi connectivity index (χ4v) is 2.84. The van der Waals surface area contributed by atoms with Crippen molar-refractivity contribution in [3.63, 3.8) is 0 Å². The van der Waals surface area contributed by atoms with Crippen molar-refractivity contribution in [2.45, 2.75) is 38.1 Å². The molecule has 8 heteroatoms. The molecular weight excluding hydrogens is 292 g/mol. The van der Waals surface area contributed by atoms with Crippen LogP contribution >= 0.6 is 0 Å². The average Bonchev–Trinajstić information content (AvgIpc) is 2.38. The first-order valence-corrected chi connectivity index (χ1v) is 8.33. The Balaban J connectivity index is 2.68. The van der Waals surface area contributed by atoms with Gasteiger partial charge in [-0.25, -0.2) is 18.1 Å². The maximum absolute atomic E-state index is 12.2. The normalized spacial score (nSPS) is 11.4. The van der Waals surface area contributed by atoms with Gasteiger partial charge in [0.25, 0.3) is 0 Å². The lowest BCUT2D eigenvalue weighted by molar-refractivity contribution is -0.121. The van der Waals surface area contributed by atoms with Gasteiger partial charge in [-0.1, -0.05) is 0 Å². The fraction of sp³-hybridized carbons (Fsp3) is 0.538. The zero-order valence-corrected chi connectivity index (χ0v) is 13.3. The highest BCUT2D eigenvalue weighted by atomic mass is 32.2. The summed E-state index contributed by atoms with van der Waals surface area (Å²) >= 11 is 0. The summed E-state index contributed by atoms with van der Waals surface area (Å²) in [5.41, 5.74) is 0. The lowest BCUT2D eigenvalue weighted by atomic mass is 10.3. The number of hydrogen-bond donors (Lipinski definition) is 3. The Kier molecular flexibility index (Phi) is 6.57. The molecule has 0 fully saturated rings. The average molecular weight is 314 g/mol. The Bertz CT molecular complexity index is 573. The van der Waals surface area contributed by atoms with E-state index in [1.54, 1.807) is 6.07 Å². The van der Waals surface area contributed by atoms with Gasteiger partial charge in [0.05, 0.1) is 0 Å². The van der Waals surface area contributed by atoms with Gasteiger partial charge in [0.15, 0.2) is 0 Å². The molecule has 0 aliphatic carbocycles. The van der Waals surface area contributed by atoms with Gasteiger partial charge >= 0.3 is 0 Å². The molecule has 1 amide bonds. The molecule has 0 saturated carbocycles. The molecule has 118 valence electrons. The molecule has 0 saturated heterocycles. The van der Waals surface area contributed by atoms with Crippen molar-refractivity contribution in [3.05, 3.63) is 18.3 Å². The Hall–Kier alpha value is -1.67. The summed E-state index contributed by atoms with van der Waals surface area (Å²) in [4.78, 5) is 15.6. The number of nitrogens with zero attached hydrogens (tertiary/aromatic N) is 1. The highest BCUT2D eigenvalue weighted by molar-refractivity contribution is 7.89. The summed E-state index contributed by atoms with van der Waals surface area (Å²) in [6.45, 7) is 6.16. The number of sulfonamides is 1. The predicted molar refractivity (Wildman–Crippen MR) is 81.5 cm³/mol. The second-order valence-corrected chi connectivity index (χ2v) is 6.49. The summed E-state index contributed by atoms with van der Waals surface area (Å²) in [5.74, 6) is 0.116. The van der Waals surface area contributed by atoms with Crippen LogP contribution in [0.25, 0.3) is 0 Å². The minimum absolute atomic E-state index is 0.0350. The van der Waals surface area contributed by atoms with Crippen molar-refractivity contribution in [2.24, 2.45) is 0 Å². The van der Waals surface area contributed by atoms with Gasteiger partial charge in [0.1, 0.15) is 10.7 Å². The Labute approximate surface area is 125 Å². The lowest BCUT2D eigenvalue weighted by Gasteiger charge is -2.12. The van der Waals surface area contributed by atoms with Crippen LogP contribution in [-0.4, -0.2) is 38.4 Å². The van der Waals surface area contributed by atoms with Gasteiger partial charge in [0.2, 0.25) is 15.9 Å². The minimum atomic E-state index is -3.69. The van der Waals surface area contributed by atoms with E-state index in [2.05, 4.69) is 20.3 Å². The van der Waals surface area contributed by atoms with Gasteiger partial charge in [0, 0.05) is 31.7 Å². The van der Waals surface area contributed by atoms with Crippen molar-refractivity contribution in [2.75, 3.05) is 18.4 Å². The highest BCUT2D eigenvalue weighted by Crippen LogP contribution is 2.17. The monoisotopic (exact) mass is 314 g/mol. The third-order valence-electron chi connectivity index (χ3n) is 2.50. The molecule has 0 radical (unpaired) electrons. The molecule has 0 atom stereocenters. The van der Waals surface area contributed by atoms with Crippen LogP contribution in [0.1, 0.15) is 27.2 Å². The number of carbonyl (C=O) groups excluding carboxylic acids is 1. The van der Waals surface area contributed by atoms with E-state index in [9.17, 15) is 13.2 Å². The molecule has 0 aliphatic heterocycles. The number of anilines is 1. The number of hydrogen-bond acceptors (Lipinski definition) is 5. The Morgan fingerprint density at radius 2 is 2.10 bits per heavy atom. The lowest BCUT2D eigenvalue weighted by Crippen LogP contribution is -2.34. The van der Waals surface area contributed by atoms with Crippen molar-refractivity contribution >= 4 is 21.7 Å². The topological polar surface area (TPSA) is 100 Å². The number of amides is 1.